The molecule has 2 aliphatic rings. The molecule has 1 amide bonds. The van der Waals surface area contributed by atoms with Gasteiger partial charge in [-0.25, -0.2) is 0 Å². The van der Waals surface area contributed by atoms with Gasteiger partial charge < -0.3 is 23.8 Å². The number of likely N-dealkylation sites (tertiary alicyclic amines) is 1. The molecule has 0 bridgehead atoms. The van der Waals surface area contributed by atoms with Crippen LogP contribution in [0.25, 0.3) is 0 Å². The number of methoxy groups -OCH3 is 2. The van der Waals surface area contributed by atoms with Crippen molar-refractivity contribution in [2.45, 2.75) is 25.2 Å². The van der Waals surface area contributed by atoms with E-state index in [0.717, 1.165) is 42.4 Å². The second-order valence-electron chi connectivity index (χ2n) is 9.81. The molecule has 1 fully saturated rings. The quantitative estimate of drug-likeness (QED) is 0.400. The first kappa shape index (κ1) is 25.9. The Kier molecular flexibility index (Phi) is 8.34. The summed E-state index contributed by atoms with van der Waals surface area (Å²) >= 11 is 0. The van der Waals surface area contributed by atoms with Crippen molar-refractivity contribution in [2.75, 3.05) is 58.5 Å². The average molecular weight is 517 g/mol. The number of fused-ring (bicyclic) bond motifs is 1. The lowest BCUT2D eigenvalue weighted by atomic mass is 9.99. The van der Waals surface area contributed by atoms with Crippen molar-refractivity contribution in [2.24, 2.45) is 0 Å². The zero-order chi connectivity index (χ0) is 26.3. The van der Waals surface area contributed by atoms with Gasteiger partial charge in [0.25, 0.3) is 5.91 Å². The molecule has 2 heterocycles. The number of piperidine rings is 1. The zero-order valence-corrected chi connectivity index (χ0v) is 22.2. The molecule has 7 nitrogen and oxygen atoms in total. The molecule has 1 atom stereocenters. The van der Waals surface area contributed by atoms with Crippen LogP contribution >= 0.6 is 0 Å². The third kappa shape index (κ3) is 6.05. The molecule has 0 N–H and O–H groups in total. The molecular weight excluding hydrogens is 480 g/mol. The van der Waals surface area contributed by atoms with Gasteiger partial charge in [-0.15, -0.1) is 0 Å². The maximum Gasteiger partial charge on any atom is 0.258 e. The van der Waals surface area contributed by atoms with Crippen molar-refractivity contribution in [1.82, 2.24) is 4.90 Å². The number of anilines is 1. The Morgan fingerprint density at radius 1 is 0.868 bits per heavy atom. The first-order valence-corrected chi connectivity index (χ1v) is 13.4. The van der Waals surface area contributed by atoms with Crippen LogP contribution in [0.3, 0.4) is 0 Å². The summed E-state index contributed by atoms with van der Waals surface area (Å²) in [6.07, 6.45) is 3.87. The van der Waals surface area contributed by atoms with Crippen molar-refractivity contribution >= 4 is 11.6 Å². The van der Waals surface area contributed by atoms with Crippen LogP contribution in [-0.2, 0) is 0 Å². The SMILES string of the molecule is COc1ccc(C2COc3cc(OC)ccc3N(C(=O)c3ccc(OCCN4CCCCC4)cc3)C2)cc1. The van der Waals surface area contributed by atoms with E-state index < -0.39 is 0 Å². The van der Waals surface area contributed by atoms with Gasteiger partial charge in [-0.1, -0.05) is 18.6 Å². The molecular formula is C31H36N2O5. The van der Waals surface area contributed by atoms with Crippen molar-refractivity contribution in [1.29, 1.82) is 0 Å². The fourth-order valence-electron chi connectivity index (χ4n) is 5.12. The van der Waals surface area contributed by atoms with Crippen LogP contribution < -0.4 is 23.8 Å². The number of rotatable bonds is 8. The van der Waals surface area contributed by atoms with Gasteiger partial charge in [0.1, 0.15) is 29.6 Å². The minimum absolute atomic E-state index is 0.0133. The molecule has 0 spiro atoms. The third-order valence-corrected chi connectivity index (χ3v) is 7.36. The third-order valence-electron chi connectivity index (χ3n) is 7.36. The van der Waals surface area contributed by atoms with Gasteiger partial charge in [0, 0.05) is 30.6 Å². The number of benzene rings is 3. The largest absolute Gasteiger partial charge is 0.497 e. The minimum Gasteiger partial charge on any atom is -0.497 e. The summed E-state index contributed by atoms with van der Waals surface area (Å²) in [6, 6.07) is 21.0. The summed E-state index contributed by atoms with van der Waals surface area (Å²) in [4.78, 5) is 18.1. The minimum atomic E-state index is -0.0831. The Bertz CT molecular complexity index is 1210. The Labute approximate surface area is 224 Å². The lowest BCUT2D eigenvalue weighted by molar-refractivity contribution is 0.0985. The highest BCUT2D eigenvalue weighted by Gasteiger charge is 2.29. The summed E-state index contributed by atoms with van der Waals surface area (Å²) in [5, 5.41) is 0. The van der Waals surface area contributed by atoms with Gasteiger partial charge in [-0.2, -0.15) is 0 Å². The van der Waals surface area contributed by atoms with E-state index in [-0.39, 0.29) is 11.8 Å². The lowest BCUT2D eigenvalue weighted by Crippen LogP contribution is -2.34. The van der Waals surface area contributed by atoms with E-state index in [1.165, 1.54) is 19.3 Å². The highest BCUT2D eigenvalue weighted by molar-refractivity contribution is 6.07. The van der Waals surface area contributed by atoms with Crippen molar-refractivity contribution in [3.63, 3.8) is 0 Å². The molecule has 0 saturated carbocycles. The summed E-state index contributed by atoms with van der Waals surface area (Å²) in [5.74, 6) is 2.79. The maximum atomic E-state index is 13.9. The Balaban J connectivity index is 1.33. The molecule has 200 valence electrons. The zero-order valence-electron chi connectivity index (χ0n) is 22.2. The van der Waals surface area contributed by atoms with Gasteiger partial charge in [0.15, 0.2) is 0 Å². The van der Waals surface area contributed by atoms with E-state index in [9.17, 15) is 4.79 Å². The number of hydrogen-bond donors (Lipinski definition) is 0. The lowest BCUT2D eigenvalue weighted by Gasteiger charge is -2.26. The summed E-state index contributed by atoms with van der Waals surface area (Å²) in [7, 11) is 3.27. The summed E-state index contributed by atoms with van der Waals surface area (Å²) in [6.45, 7) is 4.82. The van der Waals surface area contributed by atoms with Crippen LogP contribution in [0.5, 0.6) is 23.0 Å². The first-order chi connectivity index (χ1) is 18.6. The fourth-order valence-corrected chi connectivity index (χ4v) is 5.12. The first-order valence-electron chi connectivity index (χ1n) is 13.4. The van der Waals surface area contributed by atoms with Gasteiger partial charge in [0.2, 0.25) is 0 Å². The monoisotopic (exact) mass is 516 g/mol. The normalized spacial score (nSPS) is 17.6. The molecule has 2 aliphatic heterocycles. The van der Waals surface area contributed by atoms with E-state index in [0.29, 0.717) is 36.8 Å². The fraction of sp³-hybridized carbons (Fsp3) is 0.387. The number of carbonyl (C=O) groups is 1. The molecule has 3 aromatic rings. The van der Waals surface area contributed by atoms with E-state index in [2.05, 4.69) is 4.90 Å². The molecule has 38 heavy (non-hydrogen) atoms. The summed E-state index contributed by atoms with van der Waals surface area (Å²) in [5.41, 5.74) is 2.42. The molecule has 3 aromatic carbocycles. The van der Waals surface area contributed by atoms with E-state index in [1.54, 1.807) is 14.2 Å². The Morgan fingerprint density at radius 3 is 2.26 bits per heavy atom. The van der Waals surface area contributed by atoms with Crippen LogP contribution in [0.4, 0.5) is 5.69 Å². The predicted molar refractivity (Wildman–Crippen MR) is 148 cm³/mol. The van der Waals surface area contributed by atoms with Gasteiger partial charge in [-0.3, -0.25) is 9.69 Å². The van der Waals surface area contributed by atoms with Crippen LogP contribution in [0.15, 0.2) is 66.7 Å². The molecule has 1 saturated heterocycles. The number of amides is 1. The van der Waals surface area contributed by atoms with E-state index >= 15 is 0 Å². The van der Waals surface area contributed by atoms with E-state index in [4.69, 9.17) is 18.9 Å². The molecule has 7 heteroatoms. The van der Waals surface area contributed by atoms with E-state index in [1.807, 2.05) is 71.6 Å². The second kappa shape index (κ2) is 12.2. The molecule has 0 aromatic heterocycles. The van der Waals surface area contributed by atoms with Crippen molar-refractivity contribution in [3.8, 4) is 23.0 Å². The summed E-state index contributed by atoms with van der Waals surface area (Å²) < 4.78 is 22.9. The van der Waals surface area contributed by atoms with Crippen LogP contribution in [0.1, 0.15) is 41.1 Å². The van der Waals surface area contributed by atoms with Gasteiger partial charge >= 0.3 is 0 Å². The number of ether oxygens (including phenoxy) is 4. The van der Waals surface area contributed by atoms with Crippen LogP contribution in [0, 0.1) is 0 Å². The topological polar surface area (TPSA) is 60.5 Å². The van der Waals surface area contributed by atoms with Gasteiger partial charge in [-0.05, 0) is 80.0 Å². The van der Waals surface area contributed by atoms with Crippen molar-refractivity contribution < 1.29 is 23.7 Å². The Morgan fingerprint density at radius 2 is 1.55 bits per heavy atom. The van der Waals surface area contributed by atoms with Crippen LogP contribution in [-0.4, -0.2) is 64.4 Å². The average Bonchev–Trinajstić information content (AvgIpc) is 3.17. The molecule has 0 radical (unpaired) electrons. The second-order valence-corrected chi connectivity index (χ2v) is 9.81. The predicted octanol–water partition coefficient (Wildman–Crippen LogP) is 5.39. The smallest absolute Gasteiger partial charge is 0.258 e. The molecule has 1 unspecified atom stereocenters. The van der Waals surface area contributed by atoms with Crippen LogP contribution in [0.2, 0.25) is 0 Å². The molecule has 5 rings (SSSR count). The van der Waals surface area contributed by atoms with Crippen molar-refractivity contribution in [3.05, 3.63) is 77.9 Å². The number of carbonyl (C=O) groups excluding carboxylic acids is 1. The highest BCUT2D eigenvalue weighted by atomic mass is 16.5. The number of hydrogen-bond acceptors (Lipinski definition) is 6. The maximum absolute atomic E-state index is 13.9. The standard InChI is InChI=1S/C31H36N2O5/c1-35-26-10-6-23(7-11-26)25-21-33(29-15-14-28(36-2)20-30(29)38-22-25)31(34)24-8-12-27(13-9-24)37-19-18-32-16-4-3-5-17-32/h6-15,20,25H,3-5,16-19,21-22H2,1-2H3. The van der Waals surface area contributed by atoms with Gasteiger partial charge in [0.05, 0.1) is 26.5 Å². The number of nitrogens with zero attached hydrogens (tertiary/aromatic N) is 2. The highest BCUT2D eigenvalue weighted by Crippen LogP contribution is 2.38. The Hall–Kier alpha value is -3.71. The molecule has 0 aliphatic carbocycles.